The van der Waals surface area contributed by atoms with E-state index in [0.717, 1.165) is 33.8 Å². The van der Waals surface area contributed by atoms with Gasteiger partial charge < -0.3 is 9.64 Å². The smallest absolute Gasteiger partial charge is 0.350 e. The molecule has 0 N–H and O–H groups in total. The number of hydrogen-bond acceptors (Lipinski definition) is 6. The highest BCUT2D eigenvalue weighted by molar-refractivity contribution is 5.56. The minimum atomic E-state index is -0.782. The summed E-state index contributed by atoms with van der Waals surface area (Å²) in [7, 11) is 0. The summed E-state index contributed by atoms with van der Waals surface area (Å²) in [6.07, 6.45) is 2.68. The van der Waals surface area contributed by atoms with Crippen molar-refractivity contribution in [3.8, 4) is 23.3 Å². The van der Waals surface area contributed by atoms with Crippen LogP contribution in [-0.2, 0) is 6.54 Å². The SMILES string of the molecule is Cc1c(Oc2ccc(-n3ncn(Cc4c(F)cccc4F)c3=O)cc2F)ccnc1N1CC(C)(C#N)C1. The molecule has 37 heavy (non-hydrogen) atoms. The molecule has 3 heterocycles. The van der Waals surface area contributed by atoms with Crippen molar-refractivity contribution in [2.45, 2.75) is 20.4 Å². The standard InChI is InChI=1S/C26H21F3N6O2/c1-16-22(8-9-31-24(16)34-13-26(2,12-30)14-34)37-23-7-6-17(10-21(23)29)35-25(36)33(15-32-35)11-18-19(27)4-3-5-20(18)28/h3-10,15H,11,13-14H2,1-2H3. The normalized spacial score (nSPS) is 14.2. The number of anilines is 1. The van der Waals surface area contributed by atoms with Gasteiger partial charge in [0.1, 0.15) is 29.5 Å². The summed E-state index contributed by atoms with van der Waals surface area (Å²) >= 11 is 0. The first-order valence-corrected chi connectivity index (χ1v) is 11.4. The number of ether oxygens (including phenoxy) is 1. The molecular formula is C26H21F3N6O2. The summed E-state index contributed by atoms with van der Waals surface area (Å²) < 4.78 is 50.7. The van der Waals surface area contributed by atoms with Gasteiger partial charge in [0.25, 0.3) is 0 Å². The van der Waals surface area contributed by atoms with Gasteiger partial charge in [0.15, 0.2) is 11.6 Å². The maximum Gasteiger partial charge on any atom is 0.350 e. The first kappa shape index (κ1) is 24.1. The monoisotopic (exact) mass is 506 g/mol. The van der Waals surface area contributed by atoms with Crippen molar-refractivity contribution >= 4 is 5.82 Å². The average molecular weight is 506 g/mol. The van der Waals surface area contributed by atoms with Crippen LogP contribution in [0, 0.1) is 41.1 Å². The van der Waals surface area contributed by atoms with Crippen LogP contribution in [0.2, 0.25) is 0 Å². The first-order chi connectivity index (χ1) is 17.7. The Kier molecular flexibility index (Phi) is 5.95. The van der Waals surface area contributed by atoms with Crippen LogP contribution in [0.1, 0.15) is 18.1 Å². The topological polar surface area (TPSA) is 89.0 Å². The van der Waals surface area contributed by atoms with Gasteiger partial charge in [0.2, 0.25) is 0 Å². The number of nitrogens with zero attached hydrogens (tertiary/aromatic N) is 6. The lowest BCUT2D eigenvalue weighted by Crippen LogP contribution is -2.54. The van der Waals surface area contributed by atoms with Crippen LogP contribution in [0.15, 0.2) is 59.8 Å². The van der Waals surface area contributed by atoms with Crippen molar-refractivity contribution in [2.75, 3.05) is 18.0 Å². The molecule has 188 valence electrons. The zero-order chi connectivity index (χ0) is 26.3. The van der Waals surface area contributed by atoms with Crippen LogP contribution in [-0.4, -0.2) is 32.4 Å². The fraction of sp³-hybridized carbons (Fsp3) is 0.231. The van der Waals surface area contributed by atoms with Gasteiger partial charge in [-0.15, -0.1) is 0 Å². The molecule has 0 unspecified atom stereocenters. The molecule has 4 aromatic rings. The Balaban J connectivity index is 1.36. The number of nitriles is 1. The van der Waals surface area contributed by atoms with E-state index in [1.54, 1.807) is 19.2 Å². The number of rotatable bonds is 6. The quantitative estimate of drug-likeness (QED) is 0.387. The molecule has 11 heteroatoms. The van der Waals surface area contributed by atoms with Gasteiger partial charge in [0.05, 0.1) is 23.7 Å². The third-order valence-electron chi connectivity index (χ3n) is 6.28. The molecule has 1 saturated heterocycles. The highest BCUT2D eigenvalue weighted by Gasteiger charge is 2.40. The zero-order valence-electron chi connectivity index (χ0n) is 20.0. The third kappa shape index (κ3) is 4.42. The number of halogens is 3. The molecule has 0 atom stereocenters. The molecule has 2 aromatic heterocycles. The molecule has 8 nitrogen and oxygen atoms in total. The van der Waals surface area contributed by atoms with Crippen LogP contribution in [0.25, 0.3) is 5.69 Å². The third-order valence-corrected chi connectivity index (χ3v) is 6.28. The molecule has 5 rings (SSSR count). The Labute approximate surface area is 209 Å². The van der Waals surface area contributed by atoms with Gasteiger partial charge in [-0.05, 0) is 44.2 Å². The molecule has 2 aromatic carbocycles. The van der Waals surface area contributed by atoms with Gasteiger partial charge in [-0.1, -0.05) is 6.07 Å². The summed E-state index contributed by atoms with van der Waals surface area (Å²) in [5.41, 5.74) is -0.583. The molecule has 1 fully saturated rings. The number of hydrogen-bond donors (Lipinski definition) is 0. The van der Waals surface area contributed by atoms with E-state index in [1.165, 1.54) is 18.2 Å². The second kappa shape index (κ2) is 9.13. The van der Waals surface area contributed by atoms with E-state index < -0.39 is 28.6 Å². The molecular weight excluding hydrogens is 485 g/mol. The minimum Gasteiger partial charge on any atom is -0.454 e. The second-order valence-electron chi connectivity index (χ2n) is 9.16. The first-order valence-electron chi connectivity index (χ1n) is 11.4. The predicted molar refractivity (Wildman–Crippen MR) is 128 cm³/mol. The summed E-state index contributed by atoms with van der Waals surface area (Å²) in [4.78, 5) is 19.1. The lowest BCUT2D eigenvalue weighted by Gasteiger charge is -2.44. The van der Waals surface area contributed by atoms with E-state index in [4.69, 9.17) is 4.74 Å². The van der Waals surface area contributed by atoms with E-state index in [-0.39, 0.29) is 23.5 Å². The summed E-state index contributed by atoms with van der Waals surface area (Å²) in [5.74, 6) is -1.32. The maximum absolute atomic E-state index is 15.0. The molecule has 0 aliphatic carbocycles. The van der Waals surface area contributed by atoms with Crippen LogP contribution in [0.3, 0.4) is 0 Å². The Hall–Kier alpha value is -4.59. The van der Waals surface area contributed by atoms with Crippen molar-refractivity contribution in [2.24, 2.45) is 5.41 Å². The van der Waals surface area contributed by atoms with Crippen molar-refractivity contribution in [1.29, 1.82) is 5.26 Å². The highest BCUT2D eigenvalue weighted by atomic mass is 19.1. The van der Waals surface area contributed by atoms with Gasteiger partial charge in [-0.25, -0.2) is 22.9 Å². The fourth-order valence-corrected chi connectivity index (χ4v) is 4.25. The van der Waals surface area contributed by atoms with Gasteiger partial charge in [-0.2, -0.15) is 15.0 Å². The Morgan fingerprint density at radius 2 is 1.81 bits per heavy atom. The average Bonchev–Trinajstić information content (AvgIpc) is 3.22. The van der Waals surface area contributed by atoms with E-state index in [2.05, 4.69) is 16.2 Å². The van der Waals surface area contributed by atoms with Crippen LogP contribution in [0.4, 0.5) is 19.0 Å². The van der Waals surface area contributed by atoms with Crippen LogP contribution < -0.4 is 15.3 Å². The lowest BCUT2D eigenvalue weighted by molar-refractivity contribution is 0.333. The highest BCUT2D eigenvalue weighted by Crippen LogP contribution is 2.37. The van der Waals surface area contributed by atoms with Crippen molar-refractivity contribution < 1.29 is 17.9 Å². The maximum atomic E-state index is 15.0. The van der Waals surface area contributed by atoms with Gasteiger partial charge >= 0.3 is 5.69 Å². The summed E-state index contributed by atoms with van der Waals surface area (Å²) in [6, 6.07) is 11.2. The van der Waals surface area contributed by atoms with Crippen molar-refractivity contribution in [3.63, 3.8) is 0 Å². The molecule has 0 saturated carbocycles. The second-order valence-corrected chi connectivity index (χ2v) is 9.16. The van der Waals surface area contributed by atoms with Crippen LogP contribution in [0.5, 0.6) is 11.5 Å². The number of aromatic nitrogens is 4. The molecule has 0 radical (unpaired) electrons. The van der Waals surface area contributed by atoms with E-state index in [9.17, 15) is 23.2 Å². The lowest BCUT2D eigenvalue weighted by atomic mass is 9.83. The number of benzene rings is 2. The summed E-state index contributed by atoms with van der Waals surface area (Å²) in [6.45, 7) is 4.39. The van der Waals surface area contributed by atoms with Gasteiger partial charge in [-0.3, -0.25) is 4.57 Å². The minimum absolute atomic E-state index is 0.0737. The van der Waals surface area contributed by atoms with Crippen molar-refractivity contribution in [1.82, 2.24) is 19.3 Å². The molecule has 0 amide bonds. The molecule has 1 aliphatic heterocycles. The summed E-state index contributed by atoms with van der Waals surface area (Å²) in [5, 5.41) is 13.2. The molecule has 1 aliphatic rings. The largest absolute Gasteiger partial charge is 0.454 e. The molecule has 0 bridgehead atoms. The van der Waals surface area contributed by atoms with Crippen LogP contribution >= 0.6 is 0 Å². The van der Waals surface area contributed by atoms with E-state index in [0.29, 0.717) is 30.2 Å². The Morgan fingerprint density at radius 1 is 1.08 bits per heavy atom. The predicted octanol–water partition coefficient (Wildman–Crippen LogP) is 4.35. The Morgan fingerprint density at radius 3 is 2.49 bits per heavy atom. The van der Waals surface area contributed by atoms with E-state index >= 15 is 0 Å². The Bertz CT molecular complexity index is 1580. The fourth-order valence-electron chi connectivity index (χ4n) is 4.25. The van der Waals surface area contributed by atoms with Crippen molar-refractivity contribution in [3.05, 3.63) is 94.1 Å². The zero-order valence-corrected chi connectivity index (χ0v) is 20.0. The van der Waals surface area contributed by atoms with E-state index in [1.807, 2.05) is 11.8 Å². The molecule has 0 spiro atoms. The number of pyridine rings is 1. The van der Waals surface area contributed by atoms with Gasteiger partial charge in [0, 0.05) is 36.5 Å².